The van der Waals surface area contributed by atoms with Gasteiger partial charge < -0.3 is 5.32 Å². The van der Waals surface area contributed by atoms with Crippen LogP contribution < -0.4 is 5.32 Å². The van der Waals surface area contributed by atoms with Crippen molar-refractivity contribution in [3.05, 3.63) is 10.4 Å². The van der Waals surface area contributed by atoms with Gasteiger partial charge >= 0.3 is 0 Å². The van der Waals surface area contributed by atoms with Crippen LogP contribution in [0.4, 0.5) is 0 Å². The quantitative estimate of drug-likeness (QED) is 0.484. The van der Waals surface area contributed by atoms with Gasteiger partial charge in [0.05, 0.1) is 4.36 Å². The molecule has 1 N–H and O–H groups in total. The smallest absolute Gasteiger partial charge is 0.246 e. The van der Waals surface area contributed by atoms with Crippen LogP contribution >= 0.6 is 24.2 Å². The predicted octanol–water partition coefficient (Wildman–Crippen LogP) is 1.91. The number of rotatable bonds is 1. The molecule has 0 bridgehead atoms. The van der Waals surface area contributed by atoms with E-state index in [0.29, 0.717) is 0 Å². The Morgan fingerprint density at radius 3 is 2.27 bits per heavy atom. The molecule has 0 atom stereocenters. The highest BCUT2D eigenvalue weighted by molar-refractivity contribution is 7.86. The van der Waals surface area contributed by atoms with Crippen LogP contribution in [0.5, 0.6) is 0 Å². The van der Waals surface area contributed by atoms with E-state index in [9.17, 15) is 4.79 Å². The van der Waals surface area contributed by atoms with Crippen LogP contribution in [0.1, 0.15) is 20.8 Å². The first kappa shape index (κ1) is 10.8. The molecule has 0 aromatic carbocycles. The predicted molar refractivity (Wildman–Crippen MR) is 50.8 cm³/mol. The van der Waals surface area contributed by atoms with Gasteiger partial charge in [0.15, 0.2) is 0 Å². The molecule has 0 unspecified atom stereocenters. The molecule has 1 amide bonds. The first-order valence-electron chi connectivity index (χ1n) is 3.19. The standard InChI is InChI=1S/C7H12ClNOS/c1-7(2,3)9-6(10)4-5(8)11/h4,11H,1-3H3,(H,9,10)/b5-4-. The molecule has 2 nitrogen and oxygen atoms in total. The minimum absolute atomic E-state index is 0.187. The maximum Gasteiger partial charge on any atom is 0.246 e. The Balaban J connectivity index is 4.00. The van der Waals surface area contributed by atoms with E-state index in [1.54, 1.807) is 0 Å². The molecule has 0 rings (SSSR count). The molecule has 4 heteroatoms. The molecule has 0 aromatic heterocycles. The van der Waals surface area contributed by atoms with E-state index in [1.165, 1.54) is 6.08 Å². The monoisotopic (exact) mass is 193 g/mol. The van der Waals surface area contributed by atoms with Gasteiger partial charge in [-0.25, -0.2) is 0 Å². The fourth-order valence-electron chi connectivity index (χ4n) is 0.514. The molecular formula is C7H12ClNOS. The lowest BCUT2D eigenvalue weighted by molar-refractivity contribution is -0.117. The molecule has 0 heterocycles. The van der Waals surface area contributed by atoms with Crippen molar-refractivity contribution >= 4 is 30.1 Å². The lowest BCUT2D eigenvalue weighted by Crippen LogP contribution is -2.39. The SMILES string of the molecule is CC(C)(C)NC(=O)/C=C(\S)Cl. The van der Waals surface area contributed by atoms with Crippen LogP contribution in [-0.4, -0.2) is 11.4 Å². The van der Waals surface area contributed by atoms with Crippen molar-refractivity contribution in [2.75, 3.05) is 0 Å². The van der Waals surface area contributed by atoms with E-state index < -0.39 is 0 Å². The van der Waals surface area contributed by atoms with E-state index in [0.717, 1.165) is 0 Å². The van der Waals surface area contributed by atoms with Gasteiger partial charge in [-0.05, 0) is 20.8 Å². The van der Waals surface area contributed by atoms with Crippen LogP contribution in [0, 0.1) is 0 Å². The van der Waals surface area contributed by atoms with Crippen LogP contribution in [-0.2, 0) is 4.79 Å². The van der Waals surface area contributed by atoms with E-state index >= 15 is 0 Å². The maximum absolute atomic E-state index is 10.9. The van der Waals surface area contributed by atoms with E-state index in [4.69, 9.17) is 11.6 Å². The number of hydrogen-bond donors (Lipinski definition) is 2. The Morgan fingerprint density at radius 1 is 1.55 bits per heavy atom. The first-order chi connectivity index (χ1) is 4.81. The third-order valence-electron chi connectivity index (χ3n) is 0.748. The second kappa shape index (κ2) is 4.02. The molecule has 0 saturated heterocycles. The van der Waals surface area contributed by atoms with Crippen LogP contribution in [0.25, 0.3) is 0 Å². The Hall–Kier alpha value is -0.150. The summed E-state index contributed by atoms with van der Waals surface area (Å²) >= 11 is 9.12. The topological polar surface area (TPSA) is 29.1 Å². The van der Waals surface area contributed by atoms with Gasteiger partial charge in [0, 0.05) is 11.6 Å². The van der Waals surface area contributed by atoms with E-state index in [-0.39, 0.29) is 15.8 Å². The minimum atomic E-state index is -0.228. The normalized spacial score (nSPS) is 13.0. The molecule has 0 aromatic rings. The van der Waals surface area contributed by atoms with Crippen molar-refractivity contribution in [2.45, 2.75) is 26.3 Å². The summed E-state index contributed by atoms with van der Waals surface area (Å²) in [5.74, 6) is -0.225. The summed E-state index contributed by atoms with van der Waals surface area (Å²) in [5.41, 5.74) is -0.228. The highest BCUT2D eigenvalue weighted by Gasteiger charge is 2.11. The van der Waals surface area contributed by atoms with Gasteiger partial charge in [0.2, 0.25) is 5.91 Å². The number of carbonyl (C=O) groups excluding carboxylic acids is 1. The van der Waals surface area contributed by atoms with Gasteiger partial charge in [-0.3, -0.25) is 4.79 Å². The zero-order chi connectivity index (χ0) is 9.07. The van der Waals surface area contributed by atoms with Crippen molar-refractivity contribution in [3.63, 3.8) is 0 Å². The van der Waals surface area contributed by atoms with Crippen molar-refractivity contribution in [3.8, 4) is 0 Å². The molecule has 0 aliphatic heterocycles. The Labute approximate surface area is 77.4 Å². The molecular weight excluding hydrogens is 182 g/mol. The Bertz CT molecular complexity index is 179. The zero-order valence-electron chi connectivity index (χ0n) is 6.81. The van der Waals surface area contributed by atoms with Gasteiger partial charge in [-0.15, -0.1) is 12.6 Å². The summed E-state index contributed by atoms with van der Waals surface area (Å²) in [6.07, 6.45) is 1.23. The van der Waals surface area contributed by atoms with Crippen molar-refractivity contribution in [1.29, 1.82) is 0 Å². The highest BCUT2D eigenvalue weighted by Crippen LogP contribution is 2.05. The summed E-state index contributed by atoms with van der Waals surface area (Å²) in [6.45, 7) is 5.68. The summed E-state index contributed by atoms with van der Waals surface area (Å²) in [5, 5.41) is 2.70. The fourth-order valence-corrected chi connectivity index (χ4v) is 0.730. The second-order valence-electron chi connectivity index (χ2n) is 3.21. The van der Waals surface area contributed by atoms with E-state index in [2.05, 4.69) is 17.9 Å². The third-order valence-corrected chi connectivity index (χ3v) is 0.987. The molecule has 0 spiro atoms. The third kappa shape index (κ3) is 7.75. The van der Waals surface area contributed by atoms with E-state index in [1.807, 2.05) is 20.8 Å². The van der Waals surface area contributed by atoms with Crippen molar-refractivity contribution in [1.82, 2.24) is 5.32 Å². The lowest BCUT2D eigenvalue weighted by Gasteiger charge is -2.18. The number of hydrogen-bond acceptors (Lipinski definition) is 2. The average Bonchev–Trinajstić information content (AvgIpc) is 1.53. The Kier molecular flexibility index (Phi) is 3.97. The molecule has 0 aliphatic rings. The van der Waals surface area contributed by atoms with Crippen molar-refractivity contribution < 1.29 is 4.79 Å². The van der Waals surface area contributed by atoms with Gasteiger partial charge in [-0.1, -0.05) is 11.6 Å². The number of carbonyl (C=O) groups is 1. The van der Waals surface area contributed by atoms with Gasteiger partial charge in [0.1, 0.15) is 0 Å². The van der Waals surface area contributed by atoms with Gasteiger partial charge in [0.25, 0.3) is 0 Å². The average molecular weight is 194 g/mol. The van der Waals surface area contributed by atoms with Crippen LogP contribution in [0.2, 0.25) is 0 Å². The number of amides is 1. The Morgan fingerprint density at radius 2 is 2.00 bits per heavy atom. The summed E-state index contributed by atoms with van der Waals surface area (Å²) < 4.78 is 0.187. The van der Waals surface area contributed by atoms with Crippen molar-refractivity contribution in [2.24, 2.45) is 0 Å². The molecule has 11 heavy (non-hydrogen) atoms. The van der Waals surface area contributed by atoms with Gasteiger partial charge in [-0.2, -0.15) is 0 Å². The summed E-state index contributed by atoms with van der Waals surface area (Å²) in [6, 6.07) is 0. The lowest BCUT2D eigenvalue weighted by atomic mass is 10.1. The highest BCUT2D eigenvalue weighted by atomic mass is 35.5. The summed E-state index contributed by atoms with van der Waals surface area (Å²) in [7, 11) is 0. The van der Waals surface area contributed by atoms with Crippen LogP contribution in [0.3, 0.4) is 0 Å². The molecule has 0 aliphatic carbocycles. The first-order valence-corrected chi connectivity index (χ1v) is 4.02. The second-order valence-corrected chi connectivity index (χ2v) is 4.36. The largest absolute Gasteiger partial charge is 0.348 e. The van der Waals surface area contributed by atoms with Crippen LogP contribution in [0.15, 0.2) is 10.4 Å². The zero-order valence-corrected chi connectivity index (χ0v) is 8.46. The molecule has 0 saturated carbocycles. The molecule has 0 radical (unpaired) electrons. The fraction of sp³-hybridized carbons (Fsp3) is 0.571. The minimum Gasteiger partial charge on any atom is -0.348 e. The number of nitrogens with one attached hydrogen (secondary N) is 1. The molecule has 64 valence electrons. The summed E-state index contributed by atoms with van der Waals surface area (Å²) in [4.78, 5) is 10.9. The number of halogens is 1. The number of thiol groups is 1. The molecule has 0 fully saturated rings. The maximum atomic E-state index is 10.9.